The molecule has 1 rings (SSSR count). The third-order valence-corrected chi connectivity index (χ3v) is 4.04. The number of aryl methyl sites for hydroxylation is 2. The van der Waals surface area contributed by atoms with Crippen molar-refractivity contribution in [3.05, 3.63) is 29.1 Å². The maximum absolute atomic E-state index is 11.3. The van der Waals surface area contributed by atoms with Crippen LogP contribution in [0.15, 0.2) is 12.1 Å². The van der Waals surface area contributed by atoms with Gasteiger partial charge in [-0.15, -0.1) is 0 Å². The van der Waals surface area contributed by atoms with Gasteiger partial charge >= 0.3 is 0 Å². The van der Waals surface area contributed by atoms with E-state index in [0.29, 0.717) is 6.42 Å². The second-order valence-corrected chi connectivity index (χ2v) is 7.31. The predicted molar refractivity (Wildman–Crippen MR) is 79.1 cm³/mol. The lowest BCUT2D eigenvalue weighted by molar-refractivity contribution is 0.510. The molecule has 0 aliphatic heterocycles. The molecule has 0 spiro atoms. The fourth-order valence-electron chi connectivity index (χ4n) is 2.08. The summed E-state index contributed by atoms with van der Waals surface area (Å²) < 4.78 is 22.7. The molecule has 1 atom stereocenters. The molecule has 4 nitrogen and oxygen atoms in total. The van der Waals surface area contributed by atoms with Crippen molar-refractivity contribution in [1.82, 2.24) is 10.3 Å². The van der Waals surface area contributed by atoms with Gasteiger partial charge in [-0.25, -0.2) is 8.42 Å². The minimum absolute atomic E-state index is 0.0581. The maximum atomic E-state index is 11.3. The summed E-state index contributed by atoms with van der Waals surface area (Å²) in [6, 6.07) is 4.08. The molecule has 19 heavy (non-hydrogen) atoms. The molecule has 0 saturated carbocycles. The molecule has 0 fully saturated rings. The van der Waals surface area contributed by atoms with Crippen molar-refractivity contribution in [3.8, 4) is 0 Å². The highest BCUT2D eigenvalue weighted by Gasteiger charge is 2.16. The fourth-order valence-corrected chi connectivity index (χ4v) is 2.75. The van der Waals surface area contributed by atoms with Crippen LogP contribution in [0.25, 0.3) is 0 Å². The van der Waals surface area contributed by atoms with Crippen LogP contribution in [0.4, 0.5) is 0 Å². The summed E-state index contributed by atoms with van der Waals surface area (Å²) in [4.78, 5) is 4.46. The highest BCUT2D eigenvalue weighted by molar-refractivity contribution is 7.90. The Labute approximate surface area is 116 Å². The van der Waals surface area contributed by atoms with Crippen LogP contribution < -0.4 is 5.32 Å². The van der Waals surface area contributed by atoms with Crippen molar-refractivity contribution < 1.29 is 8.42 Å². The number of nitrogens with one attached hydrogen (secondary N) is 1. The Morgan fingerprint density at radius 2 is 2.00 bits per heavy atom. The Morgan fingerprint density at radius 3 is 2.53 bits per heavy atom. The van der Waals surface area contributed by atoms with Crippen molar-refractivity contribution in [1.29, 1.82) is 0 Å². The Morgan fingerprint density at radius 1 is 1.32 bits per heavy atom. The molecule has 0 aliphatic carbocycles. The van der Waals surface area contributed by atoms with E-state index in [1.54, 1.807) is 0 Å². The zero-order valence-electron chi connectivity index (χ0n) is 12.2. The minimum atomic E-state index is -2.93. The average Bonchev–Trinajstić information content (AvgIpc) is 2.29. The lowest BCUT2D eigenvalue weighted by atomic mass is 10.0. The van der Waals surface area contributed by atoms with Crippen molar-refractivity contribution in [2.45, 2.75) is 39.7 Å². The molecule has 5 heteroatoms. The second kappa shape index (κ2) is 7.01. The third kappa shape index (κ3) is 5.70. The Balaban J connectivity index is 2.88. The molecule has 1 aromatic rings. The Kier molecular flexibility index (Phi) is 5.94. The molecule has 0 aliphatic rings. The summed E-state index contributed by atoms with van der Waals surface area (Å²) >= 11 is 0. The molecule has 1 heterocycles. The fraction of sp³-hybridized carbons (Fsp3) is 0.643. The molecule has 108 valence electrons. The zero-order chi connectivity index (χ0) is 14.5. The van der Waals surface area contributed by atoms with E-state index < -0.39 is 9.84 Å². The van der Waals surface area contributed by atoms with Gasteiger partial charge in [0.1, 0.15) is 9.84 Å². The first-order valence-corrected chi connectivity index (χ1v) is 8.74. The normalized spacial score (nSPS) is 13.5. The van der Waals surface area contributed by atoms with E-state index in [4.69, 9.17) is 0 Å². The highest BCUT2D eigenvalue weighted by atomic mass is 32.2. The molecule has 1 N–H and O–H groups in total. The number of hydrogen-bond acceptors (Lipinski definition) is 4. The largest absolute Gasteiger partial charge is 0.310 e. The van der Waals surface area contributed by atoms with E-state index in [1.807, 2.05) is 26.0 Å². The van der Waals surface area contributed by atoms with Crippen molar-refractivity contribution >= 4 is 9.84 Å². The van der Waals surface area contributed by atoms with E-state index in [-0.39, 0.29) is 11.8 Å². The number of rotatable bonds is 7. The van der Waals surface area contributed by atoms with E-state index >= 15 is 0 Å². The molecular formula is C14H24N2O2S. The van der Waals surface area contributed by atoms with Gasteiger partial charge in [0.25, 0.3) is 0 Å². The molecule has 0 bridgehead atoms. The van der Waals surface area contributed by atoms with Crippen LogP contribution in [0.3, 0.4) is 0 Å². The first-order chi connectivity index (χ1) is 8.83. The lowest BCUT2D eigenvalue weighted by Gasteiger charge is -2.20. The number of sulfone groups is 1. The smallest absolute Gasteiger partial charge is 0.147 e. The van der Waals surface area contributed by atoms with Crippen molar-refractivity contribution in [2.75, 3.05) is 18.6 Å². The summed E-state index contributed by atoms with van der Waals surface area (Å²) in [5.41, 5.74) is 3.06. The number of aromatic nitrogens is 1. The first-order valence-electron chi connectivity index (χ1n) is 6.68. The van der Waals surface area contributed by atoms with Gasteiger partial charge < -0.3 is 5.32 Å². The van der Waals surface area contributed by atoms with Crippen LogP contribution >= 0.6 is 0 Å². The van der Waals surface area contributed by atoms with Gasteiger partial charge in [-0.05, 0) is 44.9 Å². The van der Waals surface area contributed by atoms with Gasteiger partial charge in [0.15, 0.2) is 0 Å². The van der Waals surface area contributed by atoms with E-state index in [2.05, 4.69) is 17.2 Å². The Bertz CT molecular complexity index is 512. The number of pyridine rings is 1. The van der Waals surface area contributed by atoms with Crippen LogP contribution in [-0.4, -0.2) is 32.0 Å². The second-order valence-electron chi connectivity index (χ2n) is 5.05. The molecular weight excluding hydrogens is 260 g/mol. The van der Waals surface area contributed by atoms with Crippen molar-refractivity contribution in [3.63, 3.8) is 0 Å². The summed E-state index contributed by atoms with van der Waals surface area (Å²) in [7, 11) is -2.93. The van der Waals surface area contributed by atoms with Crippen LogP contribution in [0, 0.1) is 13.8 Å². The van der Waals surface area contributed by atoms with Gasteiger partial charge in [-0.2, -0.15) is 0 Å². The number of hydrogen-bond donors (Lipinski definition) is 1. The number of nitrogens with zero attached hydrogens (tertiary/aromatic N) is 1. The quantitative estimate of drug-likeness (QED) is 0.833. The van der Waals surface area contributed by atoms with Crippen LogP contribution in [0.5, 0.6) is 0 Å². The topological polar surface area (TPSA) is 59.1 Å². The molecule has 0 aromatic carbocycles. The minimum Gasteiger partial charge on any atom is -0.310 e. The van der Waals surface area contributed by atoms with Gasteiger partial charge in [0.2, 0.25) is 0 Å². The molecule has 0 amide bonds. The van der Waals surface area contributed by atoms with Gasteiger partial charge in [0.05, 0.1) is 5.75 Å². The van der Waals surface area contributed by atoms with E-state index in [1.165, 1.54) is 6.26 Å². The van der Waals surface area contributed by atoms with Crippen LogP contribution in [0.1, 0.15) is 42.8 Å². The summed E-state index contributed by atoms with van der Waals surface area (Å²) in [5.74, 6) is 0.196. The van der Waals surface area contributed by atoms with E-state index in [9.17, 15) is 8.42 Å². The molecule has 0 saturated heterocycles. The summed E-state index contributed by atoms with van der Waals surface area (Å²) in [6.45, 7) is 6.91. The van der Waals surface area contributed by atoms with Crippen LogP contribution in [0.2, 0.25) is 0 Å². The van der Waals surface area contributed by atoms with Gasteiger partial charge in [-0.3, -0.25) is 4.98 Å². The average molecular weight is 284 g/mol. The predicted octanol–water partition coefficient (Wildman–Crippen LogP) is 2.17. The van der Waals surface area contributed by atoms with E-state index in [0.717, 1.165) is 29.9 Å². The lowest BCUT2D eigenvalue weighted by Crippen LogP contribution is -2.25. The molecule has 1 unspecified atom stereocenters. The van der Waals surface area contributed by atoms with Gasteiger partial charge in [-0.1, -0.05) is 13.0 Å². The third-order valence-electron chi connectivity index (χ3n) is 3.06. The summed E-state index contributed by atoms with van der Waals surface area (Å²) in [5, 5.41) is 3.41. The standard InChI is InChI=1S/C14H24N2O2S/c1-5-9-15-14(8-10-19(4,17)18)13-7-6-11(2)16-12(13)3/h6-7,14-15H,5,8-10H2,1-4H3. The van der Waals surface area contributed by atoms with Crippen molar-refractivity contribution in [2.24, 2.45) is 0 Å². The zero-order valence-corrected chi connectivity index (χ0v) is 13.0. The monoisotopic (exact) mass is 284 g/mol. The van der Waals surface area contributed by atoms with Gasteiger partial charge in [0, 0.05) is 23.7 Å². The highest BCUT2D eigenvalue weighted by Crippen LogP contribution is 2.20. The first kappa shape index (κ1) is 16.1. The van der Waals surface area contributed by atoms with Crippen LogP contribution in [-0.2, 0) is 9.84 Å². The summed E-state index contributed by atoms with van der Waals surface area (Å²) in [6.07, 6.45) is 2.89. The SMILES string of the molecule is CCCNC(CCS(C)(=O)=O)c1ccc(C)nc1C. The molecule has 1 aromatic heterocycles. The maximum Gasteiger partial charge on any atom is 0.147 e. The molecule has 0 radical (unpaired) electrons. The Hall–Kier alpha value is -0.940.